The first-order chi connectivity index (χ1) is 13.9. The molecule has 25 heavy (non-hydrogen) atoms. The van der Waals surface area contributed by atoms with E-state index in [2.05, 4.69) is 25.4 Å². The highest BCUT2D eigenvalue weighted by Gasteiger charge is 2.15. The molecule has 3 heterocycles. The van der Waals surface area contributed by atoms with Crippen LogP contribution in [0.15, 0.2) is 48.7 Å². The molecule has 0 radical (unpaired) electrons. The number of benzene rings is 1. The molecule has 1 aliphatic rings. The highest BCUT2D eigenvalue weighted by molar-refractivity contribution is 5.93. The lowest BCUT2D eigenvalue weighted by atomic mass is 10.1. The van der Waals surface area contributed by atoms with Crippen molar-refractivity contribution in [2.75, 3.05) is 25.0 Å². The fraction of sp³-hybridized carbons (Fsp3) is 0.263. The molecule has 1 aromatic carbocycles. The SMILES string of the molecule is [2H]c1nc([2H])c(-c2ccc3nnc(NC(=O)CN4CCCC4)cc3c2)c([2H])c1[2H]. The van der Waals surface area contributed by atoms with Crippen LogP contribution in [0.4, 0.5) is 5.82 Å². The minimum Gasteiger partial charge on any atom is -0.308 e. The van der Waals surface area contributed by atoms with Crippen molar-refractivity contribution < 1.29 is 10.3 Å². The first-order valence-corrected chi connectivity index (χ1v) is 8.17. The summed E-state index contributed by atoms with van der Waals surface area (Å²) in [5.41, 5.74) is 1.31. The van der Waals surface area contributed by atoms with Crippen molar-refractivity contribution in [3.8, 4) is 11.1 Å². The quantitative estimate of drug-likeness (QED) is 0.792. The van der Waals surface area contributed by atoms with E-state index in [1.54, 1.807) is 24.3 Å². The number of nitrogens with zero attached hydrogens (tertiary/aromatic N) is 4. The van der Waals surface area contributed by atoms with Gasteiger partial charge in [-0.1, -0.05) is 12.1 Å². The zero-order valence-electron chi connectivity index (χ0n) is 17.5. The zero-order valence-corrected chi connectivity index (χ0v) is 13.5. The topological polar surface area (TPSA) is 71.0 Å². The molecule has 126 valence electrons. The van der Waals surface area contributed by atoms with Crippen LogP contribution in [0.3, 0.4) is 0 Å². The van der Waals surface area contributed by atoms with Crippen LogP contribution < -0.4 is 5.32 Å². The van der Waals surface area contributed by atoms with Crippen LogP contribution in [0.5, 0.6) is 0 Å². The molecular formula is C19H19N5O. The van der Waals surface area contributed by atoms with Crippen LogP contribution in [0, 0.1) is 0 Å². The van der Waals surface area contributed by atoms with Crippen LogP contribution in [0.1, 0.15) is 18.3 Å². The molecule has 1 aliphatic heterocycles. The van der Waals surface area contributed by atoms with Crippen molar-refractivity contribution >= 4 is 22.6 Å². The summed E-state index contributed by atoms with van der Waals surface area (Å²) in [6.45, 7) is 2.17. The number of amides is 1. The van der Waals surface area contributed by atoms with Crippen LogP contribution in [0.25, 0.3) is 22.0 Å². The number of likely N-dealkylation sites (tertiary alicyclic amines) is 1. The molecule has 6 nitrogen and oxygen atoms in total. The minimum atomic E-state index is -0.390. The molecule has 0 spiro atoms. The molecule has 0 unspecified atom stereocenters. The van der Waals surface area contributed by atoms with Crippen LogP contribution in [-0.4, -0.2) is 45.6 Å². The van der Waals surface area contributed by atoms with E-state index in [-0.39, 0.29) is 29.7 Å². The Balaban J connectivity index is 1.64. The lowest BCUT2D eigenvalue weighted by Crippen LogP contribution is -2.31. The summed E-state index contributed by atoms with van der Waals surface area (Å²) in [6, 6.07) is 6.25. The number of hydrogen-bond donors (Lipinski definition) is 1. The van der Waals surface area contributed by atoms with Gasteiger partial charge in [0.1, 0.15) is 0 Å². The third kappa shape index (κ3) is 3.64. The van der Waals surface area contributed by atoms with Crippen molar-refractivity contribution in [1.82, 2.24) is 20.1 Å². The van der Waals surface area contributed by atoms with Crippen LogP contribution in [-0.2, 0) is 4.79 Å². The van der Waals surface area contributed by atoms with Gasteiger partial charge in [0.25, 0.3) is 0 Å². The first kappa shape index (κ1) is 11.7. The Hall–Kier alpha value is -2.86. The van der Waals surface area contributed by atoms with Gasteiger partial charge in [-0.2, -0.15) is 0 Å². The van der Waals surface area contributed by atoms with E-state index in [9.17, 15) is 4.79 Å². The van der Waals surface area contributed by atoms with Gasteiger partial charge >= 0.3 is 0 Å². The average Bonchev–Trinajstić information content (AvgIpc) is 3.19. The van der Waals surface area contributed by atoms with E-state index in [0.717, 1.165) is 25.9 Å². The van der Waals surface area contributed by atoms with Gasteiger partial charge in [0.05, 0.1) is 17.5 Å². The van der Waals surface area contributed by atoms with Crippen molar-refractivity contribution in [3.05, 3.63) is 48.7 Å². The summed E-state index contributed by atoms with van der Waals surface area (Å²) in [5, 5.41) is 11.6. The molecule has 1 amide bonds. The second kappa shape index (κ2) is 6.94. The second-order valence-corrected chi connectivity index (χ2v) is 6.00. The number of carbonyl (C=O) groups excluding carboxylic acids is 1. The van der Waals surface area contributed by atoms with Crippen molar-refractivity contribution in [2.45, 2.75) is 12.8 Å². The number of carbonyl (C=O) groups is 1. The fourth-order valence-corrected chi connectivity index (χ4v) is 2.95. The predicted molar refractivity (Wildman–Crippen MR) is 97.1 cm³/mol. The molecule has 0 aliphatic carbocycles. The van der Waals surface area contributed by atoms with Gasteiger partial charge in [-0.05, 0) is 55.7 Å². The minimum absolute atomic E-state index is 0.146. The Kier molecular flexibility index (Phi) is 3.24. The van der Waals surface area contributed by atoms with Gasteiger partial charge in [0.15, 0.2) is 5.82 Å². The van der Waals surface area contributed by atoms with Crippen LogP contribution in [0.2, 0.25) is 0 Å². The molecular weight excluding hydrogens is 314 g/mol. The molecule has 3 aromatic rings. The van der Waals surface area contributed by atoms with E-state index >= 15 is 0 Å². The monoisotopic (exact) mass is 337 g/mol. The van der Waals surface area contributed by atoms with Gasteiger partial charge in [-0.15, -0.1) is 10.2 Å². The molecule has 4 rings (SSSR count). The number of aromatic nitrogens is 3. The Bertz CT molecular complexity index is 1100. The molecule has 0 saturated carbocycles. The summed E-state index contributed by atoms with van der Waals surface area (Å²) in [5.74, 6) is 0.185. The summed E-state index contributed by atoms with van der Waals surface area (Å²) >= 11 is 0. The van der Waals surface area contributed by atoms with Crippen LogP contribution >= 0.6 is 0 Å². The number of rotatable bonds is 4. The average molecular weight is 337 g/mol. The molecule has 0 atom stereocenters. The van der Waals surface area contributed by atoms with E-state index in [1.165, 1.54) is 0 Å². The lowest BCUT2D eigenvalue weighted by molar-refractivity contribution is -0.117. The van der Waals surface area contributed by atoms with Gasteiger partial charge in [-0.3, -0.25) is 14.7 Å². The zero-order chi connectivity index (χ0) is 20.5. The highest BCUT2D eigenvalue weighted by Crippen LogP contribution is 2.23. The summed E-state index contributed by atoms with van der Waals surface area (Å²) in [4.78, 5) is 18.1. The van der Waals surface area contributed by atoms with E-state index in [1.807, 2.05) is 0 Å². The summed E-state index contributed by atoms with van der Waals surface area (Å²) in [6.07, 6.45) is 1.60. The van der Waals surface area contributed by atoms with E-state index in [4.69, 9.17) is 5.48 Å². The van der Waals surface area contributed by atoms with Crippen molar-refractivity contribution in [2.24, 2.45) is 0 Å². The summed E-state index contributed by atoms with van der Waals surface area (Å²) in [7, 11) is 0. The maximum absolute atomic E-state index is 12.2. The van der Waals surface area contributed by atoms with Gasteiger partial charge in [0.2, 0.25) is 5.91 Å². The largest absolute Gasteiger partial charge is 0.308 e. The maximum Gasteiger partial charge on any atom is 0.239 e. The fourth-order valence-electron chi connectivity index (χ4n) is 2.95. The maximum atomic E-state index is 12.2. The van der Waals surface area contributed by atoms with Gasteiger partial charge < -0.3 is 5.32 Å². The van der Waals surface area contributed by atoms with Crippen molar-refractivity contribution in [3.63, 3.8) is 0 Å². The summed E-state index contributed by atoms with van der Waals surface area (Å²) < 4.78 is 31.5. The Morgan fingerprint density at radius 1 is 1.20 bits per heavy atom. The number of fused-ring (bicyclic) bond motifs is 1. The number of hydrogen-bond acceptors (Lipinski definition) is 5. The molecule has 1 saturated heterocycles. The molecule has 0 bridgehead atoms. The van der Waals surface area contributed by atoms with Gasteiger partial charge in [-0.25, -0.2) is 0 Å². The molecule has 2 aromatic heterocycles. The number of pyridine rings is 1. The smallest absolute Gasteiger partial charge is 0.239 e. The molecule has 6 heteroatoms. The molecule has 1 N–H and O–H groups in total. The lowest BCUT2D eigenvalue weighted by Gasteiger charge is -2.13. The number of nitrogens with one attached hydrogen (secondary N) is 1. The third-order valence-corrected chi connectivity index (χ3v) is 4.17. The van der Waals surface area contributed by atoms with E-state index < -0.39 is 6.17 Å². The number of anilines is 1. The second-order valence-electron chi connectivity index (χ2n) is 6.00. The van der Waals surface area contributed by atoms with E-state index in [0.29, 0.717) is 28.8 Å². The van der Waals surface area contributed by atoms with Crippen molar-refractivity contribution in [1.29, 1.82) is 0 Å². The van der Waals surface area contributed by atoms with Gasteiger partial charge in [0, 0.05) is 23.3 Å². The predicted octanol–water partition coefficient (Wildman–Crippen LogP) is 2.73. The highest BCUT2D eigenvalue weighted by atomic mass is 16.2. The standard InChI is InChI=1S/C19H19N5O/c25-19(13-24-8-1-2-9-24)21-18-11-16-10-14(5-6-17(16)22-23-18)15-4-3-7-20-12-15/h3-7,10-12H,1-2,8-9,13H2,(H,21,23,25)/i3D,4D,7D,12D. The Labute approximate surface area is 151 Å². The normalized spacial score (nSPS) is 17.0. The first-order valence-electron chi connectivity index (χ1n) is 10.2. The molecule has 1 fully saturated rings. The third-order valence-electron chi connectivity index (χ3n) is 4.17. The Morgan fingerprint density at radius 3 is 2.96 bits per heavy atom. The Morgan fingerprint density at radius 2 is 2.08 bits per heavy atom.